The monoisotopic (exact) mass is 335 g/mol. The molecule has 126 valence electrons. The van der Waals surface area contributed by atoms with E-state index < -0.39 is 6.10 Å². The van der Waals surface area contributed by atoms with E-state index in [-0.39, 0.29) is 18.5 Å². The average Bonchev–Trinajstić information content (AvgIpc) is 3.18. The van der Waals surface area contributed by atoms with E-state index in [1.165, 1.54) is 24.2 Å². The van der Waals surface area contributed by atoms with Gasteiger partial charge in [-0.3, -0.25) is 4.79 Å². The number of imidazole rings is 1. The predicted molar refractivity (Wildman–Crippen MR) is 92.4 cm³/mol. The summed E-state index contributed by atoms with van der Waals surface area (Å²) in [6, 6.07) is 3.93. The number of carbonyl (C=O) groups is 1. The van der Waals surface area contributed by atoms with Crippen LogP contribution in [0.2, 0.25) is 0 Å². The van der Waals surface area contributed by atoms with Gasteiger partial charge in [0.05, 0.1) is 0 Å². The molecule has 0 saturated carbocycles. The molecule has 2 rings (SSSR count). The van der Waals surface area contributed by atoms with E-state index in [0.29, 0.717) is 5.82 Å². The van der Waals surface area contributed by atoms with Crippen LogP contribution >= 0.6 is 11.3 Å². The van der Waals surface area contributed by atoms with E-state index in [0.717, 1.165) is 17.7 Å². The fourth-order valence-corrected chi connectivity index (χ4v) is 3.23. The van der Waals surface area contributed by atoms with Crippen LogP contribution in [-0.2, 0) is 11.3 Å². The molecule has 23 heavy (non-hydrogen) atoms. The summed E-state index contributed by atoms with van der Waals surface area (Å²) in [5, 5.41) is 15.3. The Morgan fingerprint density at radius 3 is 3.00 bits per heavy atom. The van der Waals surface area contributed by atoms with Crippen molar-refractivity contribution in [2.24, 2.45) is 0 Å². The second-order valence-electron chi connectivity index (χ2n) is 5.80. The number of hydrogen-bond donors (Lipinski definition) is 2. The lowest BCUT2D eigenvalue weighted by atomic mass is 10.1. The molecule has 0 aliphatic heterocycles. The molecule has 0 aliphatic carbocycles. The fraction of sp³-hybridized carbons (Fsp3) is 0.529. The Balaban J connectivity index is 1.91. The van der Waals surface area contributed by atoms with Crippen molar-refractivity contribution in [1.82, 2.24) is 14.9 Å². The van der Waals surface area contributed by atoms with Gasteiger partial charge >= 0.3 is 0 Å². The van der Waals surface area contributed by atoms with Gasteiger partial charge in [-0.1, -0.05) is 32.3 Å². The zero-order valence-electron chi connectivity index (χ0n) is 13.7. The molecular formula is C17H25N3O2S. The van der Waals surface area contributed by atoms with Crippen LogP contribution in [0.15, 0.2) is 29.9 Å². The summed E-state index contributed by atoms with van der Waals surface area (Å²) in [4.78, 5) is 17.2. The lowest BCUT2D eigenvalue weighted by Gasteiger charge is -2.16. The molecular weight excluding hydrogens is 310 g/mol. The van der Waals surface area contributed by atoms with Gasteiger partial charge in [0.2, 0.25) is 5.91 Å². The molecule has 5 nitrogen and oxygen atoms in total. The third kappa shape index (κ3) is 5.18. The van der Waals surface area contributed by atoms with Crippen molar-refractivity contribution in [3.05, 3.63) is 40.6 Å². The first-order valence-electron chi connectivity index (χ1n) is 8.13. The highest BCUT2D eigenvalue weighted by molar-refractivity contribution is 7.10. The van der Waals surface area contributed by atoms with Crippen LogP contribution in [0.1, 0.15) is 56.3 Å². The van der Waals surface area contributed by atoms with E-state index in [1.54, 1.807) is 17.0 Å². The van der Waals surface area contributed by atoms with Crippen molar-refractivity contribution < 1.29 is 9.90 Å². The first-order chi connectivity index (χ1) is 11.1. The summed E-state index contributed by atoms with van der Waals surface area (Å²) >= 11 is 1.47. The maximum atomic E-state index is 12.2. The van der Waals surface area contributed by atoms with Crippen LogP contribution < -0.4 is 5.32 Å². The van der Waals surface area contributed by atoms with E-state index in [1.807, 2.05) is 24.4 Å². The standard InChI is InChI=1S/C17H25N3O2S/c1-3-4-5-7-13(2)19-15(21)12-20-10-9-18-17(20)16(22)14-8-6-11-23-14/h6,8-11,13,16,22H,3-5,7,12H2,1-2H3,(H,19,21). The van der Waals surface area contributed by atoms with E-state index in [2.05, 4.69) is 17.2 Å². The topological polar surface area (TPSA) is 67.2 Å². The summed E-state index contributed by atoms with van der Waals surface area (Å²) in [5.74, 6) is 0.452. The second kappa shape index (κ2) is 8.84. The van der Waals surface area contributed by atoms with Crippen molar-refractivity contribution in [3.8, 4) is 0 Å². The lowest BCUT2D eigenvalue weighted by Crippen LogP contribution is -2.35. The summed E-state index contributed by atoms with van der Waals surface area (Å²) in [6.45, 7) is 4.38. The van der Waals surface area contributed by atoms with Crippen molar-refractivity contribution in [3.63, 3.8) is 0 Å². The Morgan fingerprint density at radius 2 is 2.30 bits per heavy atom. The number of nitrogens with one attached hydrogen (secondary N) is 1. The molecule has 0 bridgehead atoms. The van der Waals surface area contributed by atoms with Crippen molar-refractivity contribution in [1.29, 1.82) is 0 Å². The number of nitrogens with zero attached hydrogens (tertiary/aromatic N) is 2. The third-order valence-corrected chi connectivity index (χ3v) is 4.69. The molecule has 0 aliphatic rings. The maximum absolute atomic E-state index is 12.2. The van der Waals surface area contributed by atoms with Gasteiger partial charge in [0, 0.05) is 23.3 Å². The summed E-state index contributed by atoms with van der Waals surface area (Å²) < 4.78 is 1.71. The van der Waals surface area contributed by atoms with E-state index >= 15 is 0 Å². The lowest BCUT2D eigenvalue weighted by molar-refractivity contribution is -0.122. The number of hydrogen-bond acceptors (Lipinski definition) is 4. The normalized spacial score (nSPS) is 13.7. The average molecular weight is 335 g/mol. The third-order valence-electron chi connectivity index (χ3n) is 3.77. The summed E-state index contributed by atoms with van der Waals surface area (Å²) in [5.41, 5.74) is 0. The van der Waals surface area contributed by atoms with Crippen molar-refractivity contribution in [2.75, 3.05) is 0 Å². The summed E-state index contributed by atoms with van der Waals surface area (Å²) in [6.07, 6.45) is 7.05. The Hall–Kier alpha value is -1.66. The Bertz CT molecular complexity index is 595. The van der Waals surface area contributed by atoms with Crippen molar-refractivity contribution in [2.45, 2.75) is 58.2 Å². The minimum atomic E-state index is -0.792. The number of aromatic nitrogens is 2. The molecule has 2 unspecified atom stereocenters. The molecule has 6 heteroatoms. The number of aliphatic hydroxyl groups excluding tert-OH is 1. The maximum Gasteiger partial charge on any atom is 0.240 e. The molecule has 0 saturated heterocycles. The van der Waals surface area contributed by atoms with Gasteiger partial charge in [-0.05, 0) is 24.8 Å². The van der Waals surface area contributed by atoms with E-state index in [4.69, 9.17) is 0 Å². The largest absolute Gasteiger partial charge is 0.380 e. The van der Waals surface area contributed by atoms with Gasteiger partial charge in [-0.2, -0.15) is 0 Å². The molecule has 0 fully saturated rings. The number of carbonyl (C=O) groups excluding carboxylic acids is 1. The molecule has 2 aromatic heterocycles. The van der Waals surface area contributed by atoms with E-state index in [9.17, 15) is 9.90 Å². The Kier molecular flexibility index (Phi) is 6.80. The zero-order valence-corrected chi connectivity index (χ0v) is 14.6. The van der Waals surface area contributed by atoms with Gasteiger partial charge in [-0.25, -0.2) is 4.98 Å². The zero-order chi connectivity index (χ0) is 16.7. The quantitative estimate of drug-likeness (QED) is 0.692. The summed E-state index contributed by atoms with van der Waals surface area (Å²) in [7, 11) is 0. The Morgan fingerprint density at radius 1 is 1.48 bits per heavy atom. The molecule has 2 heterocycles. The molecule has 1 amide bonds. The first-order valence-corrected chi connectivity index (χ1v) is 9.01. The molecule has 0 aromatic carbocycles. The molecule has 0 radical (unpaired) electrons. The number of aliphatic hydroxyl groups is 1. The number of rotatable bonds is 9. The van der Waals surface area contributed by atoms with Crippen molar-refractivity contribution >= 4 is 17.2 Å². The fourth-order valence-electron chi connectivity index (χ4n) is 2.52. The van der Waals surface area contributed by atoms with Crippen LogP contribution in [-0.4, -0.2) is 26.6 Å². The van der Waals surface area contributed by atoms with Gasteiger partial charge in [0.25, 0.3) is 0 Å². The van der Waals surface area contributed by atoms with Gasteiger partial charge in [0.1, 0.15) is 18.5 Å². The minimum Gasteiger partial charge on any atom is -0.380 e. The number of thiophene rings is 1. The van der Waals surface area contributed by atoms with Gasteiger partial charge < -0.3 is 15.0 Å². The highest BCUT2D eigenvalue weighted by Gasteiger charge is 2.18. The van der Waals surface area contributed by atoms with Crippen LogP contribution in [0.5, 0.6) is 0 Å². The highest BCUT2D eigenvalue weighted by Crippen LogP contribution is 2.24. The smallest absolute Gasteiger partial charge is 0.240 e. The SMILES string of the molecule is CCCCCC(C)NC(=O)Cn1ccnc1C(O)c1cccs1. The molecule has 2 N–H and O–H groups in total. The molecule has 2 atom stereocenters. The first kappa shape index (κ1) is 17.7. The van der Waals surface area contributed by atoms with Crippen LogP contribution in [0.25, 0.3) is 0 Å². The van der Waals surface area contributed by atoms with Crippen LogP contribution in [0.3, 0.4) is 0 Å². The predicted octanol–water partition coefficient (Wildman–Crippen LogP) is 3.11. The molecule has 2 aromatic rings. The van der Waals surface area contributed by atoms with Gasteiger partial charge in [0.15, 0.2) is 0 Å². The second-order valence-corrected chi connectivity index (χ2v) is 6.77. The van der Waals surface area contributed by atoms with Gasteiger partial charge in [-0.15, -0.1) is 11.3 Å². The highest BCUT2D eigenvalue weighted by atomic mass is 32.1. The van der Waals surface area contributed by atoms with Crippen LogP contribution in [0, 0.1) is 0 Å². The number of unbranched alkanes of at least 4 members (excludes halogenated alkanes) is 2. The minimum absolute atomic E-state index is 0.0494. The molecule has 0 spiro atoms. The Labute approximate surface area is 141 Å². The van der Waals surface area contributed by atoms with Crippen LogP contribution in [0.4, 0.5) is 0 Å². The number of amides is 1.